The zero-order valence-electron chi connectivity index (χ0n) is 23.2. The molecule has 1 aliphatic heterocycles. The Hall–Kier alpha value is -2.98. The van der Waals surface area contributed by atoms with E-state index in [1.807, 2.05) is 6.07 Å². The van der Waals surface area contributed by atoms with E-state index in [1.54, 1.807) is 12.3 Å². The van der Waals surface area contributed by atoms with Gasteiger partial charge in [0.25, 0.3) is 0 Å². The number of anilines is 1. The zero-order valence-corrected chi connectivity index (χ0v) is 24.7. The molecule has 0 bridgehead atoms. The fraction of sp³-hybridized carbons (Fsp3) is 0.448. The summed E-state index contributed by atoms with van der Waals surface area (Å²) in [7, 11) is 3.07. The molecular formula is C29H35Cl2N5O4. The van der Waals surface area contributed by atoms with Crippen LogP contribution in [0, 0.1) is 5.92 Å². The first kappa shape index (κ1) is 30.0. The van der Waals surface area contributed by atoms with Crippen molar-refractivity contribution in [2.45, 2.75) is 45.2 Å². The van der Waals surface area contributed by atoms with E-state index in [0.717, 1.165) is 17.5 Å². The lowest BCUT2D eigenvalue weighted by Gasteiger charge is -2.31. The van der Waals surface area contributed by atoms with E-state index in [4.69, 9.17) is 47.4 Å². The third-order valence-electron chi connectivity index (χ3n) is 6.89. The standard InChI is InChI=1S/C29H35Cl2N5O4/c1-6-19(37)11-17-8-10-40-15-22(17)35-29-33-14-18-12-21(34-20(28(18)36-29)7-9-32-16(2)3)25-26(30)23(38-4)13-24(39-5)27(25)31/h6,12-14,16-17,22,32H,1,7-11,15H2,2-5H3,(H,33,35,36)/t17-,22-/m1/s1. The fourth-order valence-corrected chi connectivity index (χ4v) is 5.46. The van der Waals surface area contributed by atoms with Crippen LogP contribution in [-0.2, 0) is 16.0 Å². The third kappa shape index (κ3) is 6.83. The van der Waals surface area contributed by atoms with E-state index in [2.05, 4.69) is 36.0 Å². The molecule has 0 amide bonds. The Labute approximate surface area is 244 Å². The Morgan fingerprint density at radius 2 is 1.93 bits per heavy atom. The molecule has 214 valence electrons. The number of methoxy groups -OCH3 is 2. The van der Waals surface area contributed by atoms with Crippen molar-refractivity contribution in [1.82, 2.24) is 20.3 Å². The normalized spacial score (nSPS) is 17.2. The van der Waals surface area contributed by atoms with Crippen LogP contribution >= 0.6 is 23.2 Å². The number of ketones is 1. The van der Waals surface area contributed by atoms with Crippen molar-refractivity contribution in [2.24, 2.45) is 5.92 Å². The first-order valence-electron chi connectivity index (χ1n) is 13.3. The number of rotatable bonds is 12. The van der Waals surface area contributed by atoms with Crippen LogP contribution in [0.5, 0.6) is 11.5 Å². The van der Waals surface area contributed by atoms with Crippen LogP contribution in [0.1, 0.15) is 32.4 Å². The number of aromatic nitrogens is 3. The number of pyridine rings is 1. The lowest BCUT2D eigenvalue weighted by atomic mass is 9.90. The molecule has 0 radical (unpaired) electrons. The summed E-state index contributed by atoms with van der Waals surface area (Å²) in [6.07, 6.45) is 4.91. The van der Waals surface area contributed by atoms with Crippen LogP contribution in [0.25, 0.3) is 22.2 Å². The van der Waals surface area contributed by atoms with Gasteiger partial charge in [-0.1, -0.05) is 43.6 Å². The summed E-state index contributed by atoms with van der Waals surface area (Å²) in [6.45, 7) is 9.57. The number of fused-ring (bicyclic) bond motifs is 1. The molecule has 4 rings (SSSR count). The molecule has 3 aromatic rings. The van der Waals surface area contributed by atoms with Gasteiger partial charge in [-0.15, -0.1) is 0 Å². The Morgan fingerprint density at radius 3 is 2.58 bits per heavy atom. The highest BCUT2D eigenvalue weighted by Gasteiger charge is 2.28. The van der Waals surface area contributed by atoms with Crippen molar-refractivity contribution in [3.63, 3.8) is 0 Å². The highest BCUT2D eigenvalue weighted by atomic mass is 35.5. The van der Waals surface area contributed by atoms with Crippen LogP contribution in [0.3, 0.4) is 0 Å². The van der Waals surface area contributed by atoms with E-state index < -0.39 is 0 Å². The van der Waals surface area contributed by atoms with Crippen molar-refractivity contribution in [3.05, 3.63) is 46.7 Å². The SMILES string of the molecule is C=CC(=O)C[C@H]1CCOC[C@H]1Nc1ncc2cc(-c3c(Cl)c(OC)cc(OC)c3Cl)nc(CCNC(C)C)c2n1. The average Bonchev–Trinajstić information content (AvgIpc) is 2.94. The molecule has 40 heavy (non-hydrogen) atoms. The molecular weight excluding hydrogens is 553 g/mol. The lowest BCUT2D eigenvalue weighted by Crippen LogP contribution is -2.40. The van der Waals surface area contributed by atoms with Crippen molar-refractivity contribution in [1.29, 1.82) is 0 Å². The summed E-state index contributed by atoms with van der Waals surface area (Å²) in [5.41, 5.74) is 2.55. The monoisotopic (exact) mass is 587 g/mol. The molecule has 0 unspecified atom stereocenters. The third-order valence-corrected chi connectivity index (χ3v) is 7.64. The Balaban J connectivity index is 1.76. The smallest absolute Gasteiger partial charge is 0.223 e. The van der Waals surface area contributed by atoms with Gasteiger partial charge in [0.15, 0.2) is 5.78 Å². The quantitative estimate of drug-likeness (QED) is 0.265. The Bertz CT molecular complexity index is 1360. The van der Waals surface area contributed by atoms with Crippen LogP contribution in [0.4, 0.5) is 5.95 Å². The predicted octanol–water partition coefficient (Wildman–Crippen LogP) is 5.52. The number of halogens is 2. The van der Waals surface area contributed by atoms with Gasteiger partial charge in [0.1, 0.15) is 11.5 Å². The molecule has 0 saturated carbocycles. The highest BCUT2D eigenvalue weighted by molar-refractivity contribution is 6.41. The minimum Gasteiger partial charge on any atom is -0.495 e. The van der Waals surface area contributed by atoms with Crippen molar-refractivity contribution in [3.8, 4) is 22.8 Å². The first-order chi connectivity index (χ1) is 19.2. The summed E-state index contributed by atoms with van der Waals surface area (Å²) < 4.78 is 16.6. The first-order valence-corrected chi connectivity index (χ1v) is 14.0. The number of carbonyl (C=O) groups excluding carboxylic acids is 1. The molecule has 0 aliphatic carbocycles. The molecule has 2 N–H and O–H groups in total. The van der Waals surface area contributed by atoms with E-state index >= 15 is 0 Å². The number of allylic oxidation sites excluding steroid dienone is 1. The summed E-state index contributed by atoms with van der Waals surface area (Å²) in [5.74, 6) is 1.42. The zero-order chi connectivity index (χ0) is 28.8. The van der Waals surface area contributed by atoms with Gasteiger partial charge >= 0.3 is 0 Å². The second-order valence-corrected chi connectivity index (χ2v) is 10.7. The van der Waals surface area contributed by atoms with Gasteiger partial charge in [0.2, 0.25) is 5.95 Å². The molecule has 0 spiro atoms. The maximum atomic E-state index is 12.1. The van der Waals surface area contributed by atoms with E-state index in [9.17, 15) is 4.79 Å². The van der Waals surface area contributed by atoms with E-state index in [0.29, 0.717) is 82.9 Å². The maximum absolute atomic E-state index is 12.1. The molecule has 2 aromatic heterocycles. The largest absolute Gasteiger partial charge is 0.495 e. The topological polar surface area (TPSA) is 107 Å². The van der Waals surface area contributed by atoms with Gasteiger partial charge < -0.3 is 24.8 Å². The molecule has 1 aliphatic rings. The van der Waals surface area contributed by atoms with Gasteiger partial charge in [0.05, 0.1) is 53.8 Å². The number of hydrogen-bond donors (Lipinski definition) is 2. The molecule has 1 fully saturated rings. The van der Waals surface area contributed by atoms with Gasteiger partial charge in [-0.2, -0.15) is 0 Å². The van der Waals surface area contributed by atoms with E-state index in [1.165, 1.54) is 20.3 Å². The summed E-state index contributed by atoms with van der Waals surface area (Å²) in [4.78, 5) is 26.5. The highest BCUT2D eigenvalue weighted by Crippen LogP contribution is 2.46. The Kier molecular flexibility index (Phi) is 10.2. The van der Waals surface area contributed by atoms with Gasteiger partial charge in [0, 0.05) is 55.2 Å². The van der Waals surface area contributed by atoms with Crippen LogP contribution in [-0.4, -0.2) is 66.8 Å². The molecule has 9 nitrogen and oxygen atoms in total. The number of ether oxygens (including phenoxy) is 3. The van der Waals surface area contributed by atoms with Crippen LogP contribution in [0.15, 0.2) is 31.0 Å². The second kappa shape index (κ2) is 13.6. The van der Waals surface area contributed by atoms with Gasteiger partial charge in [-0.05, 0) is 24.5 Å². The van der Waals surface area contributed by atoms with Gasteiger partial charge in [-0.3, -0.25) is 9.78 Å². The summed E-state index contributed by atoms with van der Waals surface area (Å²) in [6, 6.07) is 3.72. The Morgan fingerprint density at radius 1 is 1.20 bits per heavy atom. The number of nitrogens with one attached hydrogen (secondary N) is 2. The second-order valence-electron chi connectivity index (χ2n) is 9.98. The number of benzene rings is 1. The van der Waals surface area contributed by atoms with Crippen molar-refractivity contribution < 1.29 is 19.0 Å². The summed E-state index contributed by atoms with van der Waals surface area (Å²) >= 11 is 13.4. The minimum absolute atomic E-state index is 0.0151. The molecule has 2 atom stereocenters. The van der Waals surface area contributed by atoms with Crippen molar-refractivity contribution in [2.75, 3.05) is 39.3 Å². The molecule has 1 aromatic carbocycles. The lowest BCUT2D eigenvalue weighted by molar-refractivity contribution is -0.116. The van der Waals surface area contributed by atoms with Gasteiger partial charge in [-0.25, -0.2) is 9.97 Å². The fourth-order valence-electron chi connectivity index (χ4n) is 4.76. The molecule has 1 saturated heterocycles. The average molecular weight is 589 g/mol. The minimum atomic E-state index is -0.102. The predicted molar refractivity (Wildman–Crippen MR) is 159 cm³/mol. The van der Waals surface area contributed by atoms with Crippen molar-refractivity contribution >= 4 is 45.8 Å². The van der Waals surface area contributed by atoms with E-state index in [-0.39, 0.29) is 17.7 Å². The number of nitrogens with zero attached hydrogens (tertiary/aromatic N) is 3. The molecule has 3 heterocycles. The number of carbonyl (C=O) groups is 1. The van der Waals surface area contributed by atoms with Crippen LogP contribution < -0.4 is 20.1 Å². The molecule has 11 heteroatoms. The number of hydrogen-bond acceptors (Lipinski definition) is 9. The summed E-state index contributed by atoms with van der Waals surface area (Å²) in [5, 5.41) is 8.29. The maximum Gasteiger partial charge on any atom is 0.223 e. The van der Waals surface area contributed by atoms with Crippen LogP contribution in [0.2, 0.25) is 10.0 Å².